The molecule has 5 heteroatoms. The first-order valence-corrected chi connectivity index (χ1v) is 9.73. The van der Waals surface area contributed by atoms with E-state index in [0.717, 1.165) is 44.9 Å². The minimum absolute atomic E-state index is 0.175. The molecule has 0 heterocycles. The third-order valence-electron chi connectivity index (χ3n) is 3.76. The van der Waals surface area contributed by atoms with E-state index in [9.17, 15) is 14.9 Å². The second kappa shape index (κ2) is 18.4. The van der Waals surface area contributed by atoms with Crippen molar-refractivity contribution >= 4 is 5.97 Å². The van der Waals surface area contributed by atoms with Gasteiger partial charge in [-0.05, 0) is 44.6 Å². The summed E-state index contributed by atoms with van der Waals surface area (Å²) in [5.41, 5.74) is 0.283. The third kappa shape index (κ3) is 18.2. The van der Waals surface area contributed by atoms with Gasteiger partial charge in [-0.2, -0.15) is 0 Å². The van der Waals surface area contributed by atoms with Crippen molar-refractivity contribution in [1.82, 2.24) is 0 Å². The standard InChI is InChI=1S/C22H33NO4/c1-2-3-4-15-18-21(23(26)27)19-16-13-11-9-7-5-6-8-10-12-14-17-20-22(24)25/h6-9,12-14,16,18H,2-5,10-11,15,17,19-20H2,1H3,(H,24,25). The van der Waals surface area contributed by atoms with Crippen molar-refractivity contribution in [2.75, 3.05) is 0 Å². The summed E-state index contributed by atoms with van der Waals surface area (Å²) in [4.78, 5) is 21.0. The van der Waals surface area contributed by atoms with Crippen LogP contribution in [0.1, 0.15) is 71.1 Å². The highest BCUT2D eigenvalue weighted by Crippen LogP contribution is 2.09. The molecule has 0 aromatic rings. The van der Waals surface area contributed by atoms with Gasteiger partial charge < -0.3 is 5.11 Å². The van der Waals surface area contributed by atoms with Crippen molar-refractivity contribution < 1.29 is 14.8 Å². The summed E-state index contributed by atoms with van der Waals surface area (Å²) < 4.78 is 0. The quantitative estimate of drug-likeness (QED) is 0.147. The molecule has 0 saturated heterocycles. The van der Waals surface area contributed by atoms with Gasteiger partial charge >= 0.3 is 5.97 Å². The molecule has 0 bridgehead atoms. The van der Waals surface area contributed by atoms with Crippen LogP contribution in [0.2, 0.25) is 0 Å². The van der Waals surface area contributed by atoms with Crippen LogP contribution in [0.3, 0.4) is 0 Å². The van der Waals surface area contributed by atoms with Gasteiger partial charge in [-0.1, -0.05) is 68.4 Å². The highest BCUT2D eigenvalue weighted by atomic mass is 16.6. The van der Waals surface area contributed by atoms with Crippen LogP contribution in [0.5, 0.6) is 0 Å². The Morgan fingerprint density at radius 2 is 1.44 bits per heavy atom. The molecular formula is C22H33NO4. The van der Waals surface area contributed by atoms with Crippen molar-refractivity contribution in [1.29, 1.82) is 0 Å². The third-order valence-corrected chi connectivity index (χ3v) is 3.76. The second-order valence-electron chi connectivity index (χ2n) is 6.18. The Labute approximate surface area is 163 Å². The van der Waals surface area contributed by atoms with E-state index < -0.39 is 5.97 Å². The molecule has 27 heavy (non-hydrogen) atoms. The highest BCUT2D eigenvalue weighted by Gasteiger charge is 2.06. The molecule has 1 N–H and O–H groups in total. The molecule has 0 unspecified atom stereocenters. The van der Waals surface area contributed by atoms with E-state index in [0.29, 0.717) is 12.8 Å². The number of nitro groups is 1. The Morgan fingerprint density at radius 3 is 1.96 bits per heavy atom. The zero-order chi connectivity index (χ0) is 20.2. The van der Waals surface area contributed by atoms with Crippen molar-refractivity contribution in [3.8, 4) is 0 Å². The Morgan fingerprint density at radius 1 is 0.889 bits per heavy atom. The van der Waals surface area contributed by atoms with Crippen LogP contribution in [0, 0.1) is 10.1 Å². The van der Waals surface area contributed by atoms with Crippen LogP contribution in [0.15, 0.2) is 60.4 Å². The van der Waals surface area contributed by atoms with Gasteiger partial charge in [-0.25, -0.2) is 0 Å². The molecule has 0 saturated carbocycles. The number of unbranched alkanes of at least 4 members (excludes halogenated alkanes) is 3. The van der Waals surface area contributed by atoms with Gasteiger partial charge in [0.25, 0.3) is 0 Å². The molecule has 150 valence electrons. The number of rotatable bonds is 16. The first-order chi connectivity index (χ1) is 13.1. The monoisotopic (exact) mass is 375 g/mol. The number of nitrogens with zero attached hydrogens (tertiary/aromatic N) is 1. The van der Waals surface area contributed by atoms with Crippen molar-refractivity contribution in [3.63, 3.8) is 0 Å². The first-order valence-electron chi connectivity index (χ1n) is 9.73. The van der Waals surface area contributed by atoms with Crippen LogP contribution in [0.25, 0.3) is 0 Å². The second-order valence-corrected chi connectivity index (χ2v) is 6.18. The molecule has 0 radical (unpaired) electrons. The van der Waals surface area contributed by atoms with E-state index in [-0.39, 0.29) is 17.0 Å². The Balaban J connectivity index is 3.88. The lowest BCUT2D eigenvalue weighted by molar-refractivity contribution is -0.427. The van der Waals surface area contributed by atoms with Crippen LogP contribution in [0.4, 0.5) is 0 Å². The molecule has 0 rings (SSSR count). The number of hydrogen-bond donors (Lipinski definition) is 1. The van der Waals surface area contributed by atoms with Crippen LogP contribution < -0.4 is 0 Å². The predicted molar refractivity (Wildman–Crippen MR) is 111 cm³/mol. The molecule has 0 spiro atoms. The first kappa shape index (κ1) is 24.6. The SMILES string of the molecule is CCCCCC=C(CC=CCC=CCC=CCC=CCCC(=O)O)[N+](=O)[O-]. The van der Waals surface area contributed by atoms with E-state index in [1.807, 2.05) is 36.5 Å². The Kier molecular flexibility index (Phi) is 16.7. The Hall–Kier alpha value is -2.43. The molecule has 0 aliphatic heterocycles. The number of aliphatic carboxylic acids is 1. The minimum Gasteiger partial charge on any atom is -0.481 e. The van der Waals surface area contributed by atoms with E-state index in [1.165, 1.54) is 0 Å². The highest BCUT2D eigenvalue weighted by molar-refractivity contribution is 5.66. The zero-order valence-corrected chi connectivity index (χ0v) is 16.4. The molecule has 0 aliphatic rings. The van der Waals surface area contributed by atoms with E-state index in [4.69, 9.17) is 5.11 Å². The van der Waals surface area contributed by atoms with E-state index in [2.05, 4.69) is 19.1 Å². The minimum atomic E-state index is -0.771. The van der Waals surface area contributed by atoms with E-state index >= 15 is 0 Å². The predicted octanol–water partition coefficient (Wildman–Crippen LogP) is 6.38. The maximum absolute atomic E-state index is 11.0. The molecule has 0 fully saturated rings. The number of hydrogen-bond acceptors (Lipinski definition) is 3. The maximum Gasteiger partial charge on any atom is 0.303 e. The normalized spacial score (nSPS) is 12.9. The van der Waals surface area contributed by atoms with Gasteiger partial charge in [0.1, 0.15) is 0 Å². The van der Waals surface area contributed by atoms with Gasteiger partial charge in [0.05, 0.1) is 11.3 Å². The lowest BCUT2D eigenvalue weighted by Crippen LogP contribution is -1.97. The number of carbonyl (C=O) groups is 1. The fourth-order valence-electron chi connectivity index (χ4n) is 2.24. The van der Waals surface area contributed by atoms with Crippen LogP contribution in [-0.4, -0.2) is 16.0 Å². The maximum atomic E-state index is 11.0. The molecule has 0 amide bonds. The van der Waals surface area contributed by atoms with Crippen molar-refractivity contribution in [2.45, 2.75) is 71.1 Å². The van der Waals surface area contributed by atoms with Crippen molar-refractivity contribution in [2.24, 2.45) is 0 Å². The summed E-state index contributed by atoms with van der Waals surface area (Å²) in [6, 6.07) is 0. The fourth-order valence-corrected chi connectivity index (χ4v) is 2.24. The number of allylic oxidation sites excluding steroid dienone is 9. The molecule has 5 nitrogen and oxygen atoms in total. The van der Waals surface area contributed by atoms with E-state index in [1.54, 1.807) is 6.08 Å². The Bertz CT molecular complexity index is 557. The van der Waals surface area contributed by atoms with Crippen LogP contribution >= 0.6 is 0 Å². The average molecular weight is 376 g/mol. The number of carboxylic acids is 1. The molecule has 0 atom stereocenters. The van der Waals surface area contributed by atoms with Gasteiger partial charge in [0, 0.05) is 6.42 Å². The van der Waals surface area contributed by atoms with Gasteiger partial charge in [0.15, 0.2) is 0 Å². The zero-order valence-electron chi connectivity index (χ0n) is 16.4. The molecule has 0 aromatic carbocycles. The topological polar surface area (TPSA) is 80.4 Å². The van der Waals surface area contributed by atoms with Gasteiger partial charge in [0.2, 0.25) is 5.70 Å². The lowest BCUT2D eigenvalue weighted by atomic mass is 10.1. The summed E-state index contributed by atoms with van der Waals surface area (Å²) in [5.74, 6) is -0.771. The van der Waals surface area contributed by atoms with Crippen molar-refractivity contribution in [3.05, 3.63) is 70.5 Å². The molecule has 0 aliphatic carbocycles. The summed E-state index contributed by atoms with van der Waals surface area (Å²) >= 11 is 0. The summed E-state index contributed by atoms with van der Waals surface area (Å²) in [6.45, 7) is 2.12. The number of carboxylic acid groups (broad SMARTS) is 1. The van der Waals surface area contributed by atoms with Gasteiger partial charge in [-0.3, -0.25) is 14.9 Å². The summed E-state index contributed by atoms with van der Waals surface area (Å²) in [7, 11) is 0. The molecular weight excluding hydrogens is 342 g/mol. The molecule has 0 aromatic heterocycles. The van der Waals surface area contributed by atoms with Gasteiger partial charge in [-0.15, -0.1) is 0 Å². The van der Waals surface area contributed by atoms with Crippen LogP contribution in [-0.2, 0) is 4.79 Å². The smallest absolute Gasteiger partial charge is 0.303 e. The fraction of sp³-hybridized carbons (Fsp3) is 0.500. The largest absolute Gasteiger partial charge is 0.481 e. The summed E-state index contributed by atoms with van der Waals surface area (Å²) in [6.07, 6.45) is 25.2. The summed E-state index contributed by atoms with van der Waals surface area (Å²) in [5, 5.41) is 19.5. The average Bonchev–Trinajstić information content (AvgIpc) is 2.63. The lowest BCUT2D eigenvalue weighted by Gasteiger charge is -1.95.